The normalized spacial score (nSPS) is 11.2. The Morgan fingerprint density at radius 1 is 1.03 bits per heavy atom. The molecule has 4 aromatic carbocycles. The Morgan fingerprint density at radius 3 is 2.62 bits per heavy atom. The molecule has 7 heteroatoms. The highest BCUT2D eigenvalue weighted by molar-refractivity contribution is 9.10. The van der Waals surface area contributed by atoms with E-state index in [1.165, 1.54) is 12.1 Å². The van der Waals surface area contributed by atoms with Crippen LogP contribution in [0.15, 0.2) is 88.9 Å². The number of hydrogen-bond acceptors (Lipinski definition) is 3. The zero-order valence-electron chi connectivity index (χ0n) is 17.7. The summed E-state index contributed by atoms with van der Waals surface area (Å²) in [4.78, 5) is 12.6. The molecule has 0 saturated heterocycles. The lowest BCUT2D eigenvalue weighted by molar-refractivity contribution is -0.112. The van der Waals surface area contributed by atoms with Gasteiger partial charge in [-0.3, -0.25) is 4.79 Å². The van der Waals surface area contributed by atoms with Crippen LogP contribution in [0.4, 0.5) is 5.69 Å². The molecule has 0 radical (unpaired) electrons. The van der Waals surface area contributed by atoms with Crippen molar-refractivity contribution in [3.63, 3.8) is 0 Å². The molecule has 168 valence electrons. The van der Waals surface area contributed by atoms with Gasteiger partial charge in [-0.05, 0) is 74.2 Å². The predicted molar refractivity (Wildman–Crippen MR) is 141 cm³/mol. The summed E-state index contributed by atoms with van der Waals surface area (Å²) in [6.45, 7) is 0.404. The first-order chi connectivity index (χ1) is 16.4. The molecule has 0 aliphatic heterocycles. The van der Waals surface area contributed by atoms with Gasteiger partial charge >= 0.3 is 0 Å². The molecule has 0 spiro atoms. The van der Waals surface area contributed by atoms with E-state index in [1.54, 1.807) is 30.3 Å². The largest absolute Gasteiger partial charge is 0.488 e. The standard InChI is InChI=1S/C27H17BrCl2N2O2/c28-23-13-17(12-20(15-31)27(33)32-25-14-21(29)9-10-24(25)30)8-11-26(23)34-16-19-6-3-5-18-4-1-2-7-22(18)19/h1-14H,16H2,(H,32,33)/b20-12-. The number of halogens is 3. The number of anilines is 1. The second-order valence-corrected chi connectivity index (χ2v) is 9.06. The van der Waals surface area contributed by atoms with Gasteiger partial charge < -0.3 is 10.1 Å². The quantitative estimate of drug-likeness (QED) is 0.195. The molecule has 4 rings (SSSR count). The molecule has 1 amide bonds. The molecule has 0 aliphatic carbocycles. The Morgan fingerprint density at radius 2 is 1.82 bits per heavy atom. The lowest BCUT2D eigenvalue weighted by Gasteiger charge is -2.11. The van der Waals surface area contributed by atoms with E-state index >= 15 is 0 Å². The Bertz CT molecular complexity index is 1460. The van der Waals surface area contributed by atoms with Crippen LogP contribution in [0.1, 0.15) is 11.1 Å². The first kappa shape index (κ1) is 23.8. The summed E-state index contributed by atoms with van der Waals surface area (Å²) >= 11 is 15.6. The topological polar surface area (TPSA) is 62.1 Å². The van der Waals surface area contributed by atoms with Crippen molar-refractivity contribution in [3.8, 4) is 11.8 Å². The first-order valence-corrected chi connectivity index (χ1v) is 11.8. The highest BCUT2D eigenvalue weighted by Gasteiger charge is 2.13. The molecule has 0 fully saturated rings. The number of nitrogens with one attached hydrogen (secondary N) is 1. The summed E-state index contributed by atoms with van der Waals surface area (Å²) < 4.78 is 6.73. The predicted octanol–water partition coefficient (Wildman–Crippen LogP) is 8.03. The molecular formula is C27H17BrCl2N2O2. The molecule has 0 atom stereocenters. The fourth-order valence-corrected chi connectivity index (χ4v) is 4.24. The van der Waals surface area contributed by atoms with Crippen LogP contribution in [-0.2, 0) is 11.4 Å². The van der Waals surface area contributed by atoms with E-state index in [1.807, 2.05) is 30.3 Å². The van der Waals surface area contributed by atoms with Crippen LogP contribution in [0.25, 0.3) is 16.8 Å². The van der Waals surface area contributed by atoms with Gasteiger partial charge in [0.1, 0.15) is 24.0 Å². The monoisotopic (exact) mass is 550 g/mol. The van der Waals surface area contributed by atoms with Crippen LogP contribution in [-0.4, -0.2) is 5.91 Å². The van der Waals surface area contributed by atoms with Gasteiger partial charge in [0.05, 0.1) is 15.2 Å². The Hall–Kier alpha value is -3.30. The Kier molecular flexibility index (Phi) is 7.54. The van der Waals surface area contributed by atoms with E-state index in [-0.39, 0.29) is 5.57 Å². The number of nitriles is 1. The van der Waals surface area contributed by atoms with E-state index < -0.39 is 5.91 Å². The maximum absolute atomic E-state index is 12.6. The van der Waals surface area contributed by atoms with Crippen molar-refractivity contribution in [1.82, 2.24) is 0 Å². The maximum atomic E-state index is 12.6. The van der Waals surface area contributed by atoms with E-state index in [0.29, 0.717) is 38.1 Å². The number of ether oxygens (including phenoxy) is 1. The van der Waals surface area contributed by atoms with Crippen LogP contribution in [0.2, 0.25) is 10.0 Å². The molecule has 0 unspecified atom stereocenters. The molecule has 0 bridgehead atoms. The van der Waals surface area contributed by atoms with Crippen molar-refractivity contribution in [2.45, 2.75) is 6.61 Å². The van der Waals surface area contributed by atoms with Crippen LogP contribution >= 0.6 is 39.1 Å². The van der Waals surface area contributed by atoms with Crippen molar-refractivity contribution in [2.75, 3.05) is 5.32 Å². The number of amides is 1. The van der Waals surface area contributed by atoms with Gasteiger partial charge in [-0.2, -0.15) is 5.26 Å². The fraction of sp³-hybridized carbons (Fsp3) is 0.0370. The zero-order valence-corrected chi connectivity index (χ0v) is 20.8. The average Bonchev–Trinajstić information content (AvgIpc) is 2.84. The van der Waals surface area contributed by atoms with Crippen LogP contribution < -0.4 is 10.1 Å². The third kappa shape index (κ3) is 5.60. The van der Waals surface area contributed by atoms with Crippen molar-refractivity contribution < 1.29 is 9.53 Å². The summed E-state index contributed by atoms with van der Waals surface area (Å²) in [5.74, 6) is 0.0674. The van der Waals surface area contributed by atoms with Crippen LogP contribution in [0.5, 0.6) is 5.75 Å². The van der Waals surface area contributed by atoms with Crippen molar-refractivity contribution in [1.29, 1.82) is 5.26 Å². The molecule has 0 aliphatic rings. The van der Waals surface area contributed by atoms with E-state index in [0.717, 1.165) is 16.3 Å². The van der Waals surface area contributed by atoms with Crippen LogP contribution in [0.3, 0.4) is 0 Å². The molecule has 4 nitrogen and oxygen atoms in total. The van der Waals surface area contributed by atoms with E-state index in [9.17, 15) is 10.1 Å². The number of hydrogen-bond donors (Lipinski definition) is 1. The van der Waals surface area contributed by atoms with Gasteiger partial charge in [0.15, 0.2) is 0 Å². The van der Waals surface area contributed by atoms with Gasteiger partial charge in [0.2, 0.25) is 0 Å². The third-order valence-electron chi connectivity index (χ3n) is 5.07. The molecule has 0 heterocycles. The van der Waals surface area contributed by atoms with E-state index in [2.05, 4.69) is 39.4 Å². The zero-order chi connectivity index (χ0) is 24.1. The minimum absolute atomic E-state index is 0.0765. The smallest absolute Gasteiger partial charge is 0.266 e. The van der Waals surface area contributed by atoms with E-state index in [4.69, 9.17) is 27.9 Å². The van der Waals surface area contributed by atoms with Crippen molar-refractivity contribution in [2.24, 2.45) is 0 Å². The minimum atomic E-state index is -0.584. The van der Waals surface area contributed by atoms with Crippen molar-refractivity contribution >= 4 is 67.6 Å². The number of benzene rings is 4. The van der Waals surface area contributed by atoms with Gasteiger partial charge in [-0.25, -0.2) is 0 Å². The molecule has 1 N–H and O–H groups in total. The lowest BCUT2D eigenvalue weighted by atomic mass is 10.1. The number of nitrogens with zero attached hydrogens (tertiary/aromatic N) is 1. The number of rotatable bonds is 6. The second kappa shape index (κ2) is 10.8. The fourth-order valence-electron chi connectivity index (χ4n) is 3.40. The maximum Gasteiger partial charge on any atom is 0.266 e. The average molecular weight is 552 g/mol. The van der Waals surface area contributed by atoms with Gasteiger partial charge in [-0.15, -0.1) is 0 Å². The SMILES string of the molecule is N#C/C(=C/c1ccc(OCc2cccc3ccccc23)c(Br)c1)C(=O)Nc1cc(Cl)ccc1Cl. The summed E-state index contributed by atoms with van der Waals surface area (Å²) in [5, 5.41) is 15.2. The molecule has 4 aromatic rings. The molecule has 34 heavy (non-hydrogen) atoms. The second-order valence-electron chi connectivity index (χ2n) is 7.36. The minimum Gasteiger partial charge on any atom is -0.488 e. The first-order valence-electron chi connectivity index (χ1n) is 10.2. The van der Waals surface area contributed by atoms with Crippen LogP contribution in [0, 0.1) is 11.3 Å². The summed E-state index contributed by atoms with van der Waals surface area (Å²) in [7, 11) is 0. The summed E-state index contributed by atoms with van der Waals surface area (Å²) in [6.07, 6.45) is 1.49. The molecule has 0 saturated carbocycles. The van der Waals surface area contributed by atoms with Gasteiger partial charge in [-0.1, -0.05) is 71.7 Å². The Balaban J connectivity index is 1.49. The third-order valence-corrected chi connectivity index (χ3v) is 6.26. The summed E-state index contributed by atoms with van der Waals surface area (Å²) in [6, 6.07) is 26.3. The number of carbonyl (C=O) groups is 1. The highest BCUT2D eigenvalue weighted by Crippen LogP contribution is 2.29. The Labute approximate surface area is 215 Å². The van der Waals surface area contributed by atoms with Crippen molar-refractivity contribution in [3.05, 3.63) is 110 Å². The summed E-state index contributed by atoms with van der Waals surface area (Å²) in [5.41, 5.74) is 2.00. The lowest BCUT2D eigenvalue weighted by Crippen LogP contribution is -2.13. The number of carbonyl (C=O) groups excluding carboxylic acids is 1. The molecule has 0 aromatic heterocycles. The number of fused-ring (bicyclic) bond motifs is 1. The van der Waals surface area contributed by atoms with Gasteiger partial charge in [0, 0.05) is 5.02 Å². The van der Waals surface area contributed by atoms with Gasteiger partial charge in [0.25, 0.3) is 5.91 Å². The highest BCUT2D eigenvalue weighted by atomic mass is 79.9. The molecular weight excluding hydrogens is 535 g/mol.